The van der Waals surface area contributed by atoms with Crippen LogP contribution in [0.1, 0.15) is 40.0 Å². The lowest BCUT2D eigenvalue weighted by atomic mass is 10.0. The van der Waals surface area contributed by atoms with Gasteiger partial charge in [0.25, 0.3) is 0 Å². The van der Waals surface area contributed by atoms with Gasteiger partial charge in [-0.1, -0.05) is 26.8 Å². The van der Waals surface area contributed by atoms with Crippen LogP contribution in [0.15, 0.2) is 12.7 Å². The summed E-state index contributed by atoms with van der Waals surface area (Å²) < 4.78 is 0. The van der Waals surface area contributed by atoms with E-state index < -0.39 is 0 Å². The predicted molar refractivity (Wildman–Crippen MR) is 56.4 cm³/mol. The summed E-state index contributed by atoms with van der Waals surface area (Å²) in [6.45, 7) is 11.6. The summed E-state index contributed by atoms with van der Waals surface area (Å²) in [5, 5.41) is 3.56. The van der Waals surface area contributed by atoms with E-state index in [1.54, 1.807) is 0 Å². The van der Waals surface area contributed by atoms with Gasteiger partial charge >= 0.3 is 0 Å². The van der Waals surface area contributed by atoms with E-state index in [9.17, 15) is 0 Å². The maximum atomic E-state index is 3.70. The van der Waals surface area contributed by atoms with E-state index in [0.717, 1.165) is 18.9 Å². The predicted octanol–water partition coefficient (Wildman–Crippen LogP) is 2.98. The first-order valence-corrected chi connectivity index (χ1v) is 5.06. The minimum absolute atomic E-state index is 0.690. The van der Waals surface area contributed by atoms with E-state index in [1.807, 2.05) is 6.08 Å². The normalized spacial score (nSPS) is 13.3. The number of unbranched alkanes of at least 4 members (excludes halogenated alkanes) is 1. The van der Waals surface area contributed by atoms with Gasteiger partial charge in [-0.2, -0.15) is 0 Å². The van der Waals surface area contributed by atoms with Crippen molar-refractivity contribution in [1.82, 2.24) is 5.32 Å². The second kappa shape index (κ2) is 7.35. The fraction of sp³-hybridized carbons (Fsp3) is 0.818. The van der Waals surface area contributed by atoms with Gasteiger partial charge in [0, 0.05) is 6.04 Å². The van der Waals surface area contributed by atoms with Crippen LogP contribution in [0.2, 0.25) is 0 Å². The molecule has 0 amide bonds. The zero-order valence-corrected chi connectivity index (χ0v) is 8.77. The van der Waals surface area contributed by atoms with E-state index >= 15 is 0 Å². The summed E-state index contributed by atoms with van der Waals surface area (Å²) in [5.41, 5.74) is 0. The van der Waals surface area contributed by atoms with E-state index in [-0.39, 0.29) is 0 Å². The molecule has 0 rings (SSSR count). The molecule has 0 aliphatic rings. The number of hydrogen-bond acceptors (Lipinski definition) is 1. The summed E-state index contributed by atoms with van der Waals surface area (Å²) in [6.07, 6.45) is 5.55. The molecule has 0 heterocycles. The largest absolute Gasteiger partial charge is 0.314 e. The molecule has 1 unspecified atom stereocenters. The molecule has 1 atom stereocenters. The molecule has 0 aromatic carbocycles. The van der Waals surface area contributed by atoms with Crippen molar-refractivity contribution < 1.29 is 0 Å². The SMILES string of the molecule is C=CCCCNC(CC)C(C)C. The van der Waals surface area contributed by atoms with Crippen molar-refractivity contribution in [2.45, 2.75) is 46.1 Å². The van der Waals surface area contributed by atoms with Crippen molar-refractivity contribution in [1.29, 1.82) is 0 Å². The highest BCUT2D eigenvalue weighted by Gasteiger charge is 2.08. The van der Waals surface area contributed by atoms with Crippen LogP contribution in [0, 0.1) is 5.92 Å². The molecule has 0 aliphatic heterocycles. The van der Waals surface area contributed by atoms with Crippen LogP contribution >= 0.6 is 0 Å². The molecule has 0 aliphatic carbocycles. The third kappa shape index (κ3) is 5.36. The standard InChI is InChI=1S/C11H23N/c1-5-7-8-9-12-11(6-2)10(3)4/h5,10-12H,1,6-9H2,2-4H3. The van der Waals surface area contributed by atoms with Gasteiger partial charge in [0.2, 0.25) is 0 Å². The average Bonchev–Trinajstić information content (AvgIpc) is 2.04. The number of hydrogen-bond donors (Lipinski definition) is 1. The van der Waals surface area contributed by atoms with Crippen molar-refractivity contribution in [2.75, 3.05) is 6.54 Å². The van der Waals surface area contributed by atoms with Gasteiger partial charge in [0.1, 0.15) is 0 Å². The second-order valence-corrected chi connectivity index (χ2v) is 3.64. The van der Waals surface area contributed by atoms with Gasteiger partial charge in [-0.15, -0.1) is 6.58 Å². The first kappa shape index (κ1) is 11.7. The van der Waals surface area contributed by atoms with Gasteiger partial charge < -0.3 is 5.32 Å². The first-order valence-electron chi connectivity index (χ1n) is 5.06. The Hall–Kier alpha value is -0.300. The third-order valence-electron chi connectivity index (χ3n) is 2.24. The Kier molecular flexibility index (Phi) is 7.17. The molecule has 0 bridgehead atoms. The van der Waals surface area contributed by atoms with Gasteiger partial charge in [-0.05, 0) is 31.7 Å². The molecule has 72 valence electrons. The first-order chi connectivity index (χ1) is 5.72. The minimum Gasteiger partial charge on any atom is -0.314 e. The topological polar surface area (TPSA) is 12.0 Å². The van der Waals surface area contributed by atoms with E-state index in [2.05, 4.69) is 32.7 Å². The van der Waals surface area contributed by atoms with E-state index in [1.165, 1.54) is 12.8 Å². The Balaban J connectivity index is 3.38. The lowest BCUT2D eigenvalue weighted by Gasteiger charge is -2.20. The van der Waals surface area contributed by atoms with Crippen LogP contribution in [0.25, 0.3) is 0 Å². The molecule has 1 nitrogen and oxygen atoms in total. The fourth-order valence-corrected chi connectivity index (χ4v) is 1.39. The maximum Gasteiger partial charge on any atom is 0.00874 e. The second-order valence-electron chi connectivity index (χ2n) is 3.64. The molecule has 0 radical (unpaired) electrons. The summed E-state index contributed by atoms with van der Waals surface area (Å²) in [4.78, 5) is 0. The highest BCUT2D eigenvalue weighted by atomic mass is 14.9. The molecule has 0 spiro atoms. The Morgan fingerprint density at radius 3 is 2.50 bits per heavy atom. The molecule has 0 fully saturated rings. The highest BCUT2D eigenvalue weighted by molar-refractivity contribution is 4.71. The maximum absolute atomic E-state index is 3.70. The summed E-state index contributed by atoms with van der Waals surface area (Å²) >= 11 is 0. The molecule has 0 aromatic rings. The van der Waals surface area contributed by atoms with E-state index in [4.69, 9.17) is 0 Å². The van der Waals surface area contributed by atoms with Gasteiger partial charge in [0.15, 0.2) is 0 Å². The van der Waals surface area contributed by atoms with Crippen molar-refractivity contribution in [2.24, 2.45) is 5.92 Å². The smallest absolute Gasteiger partial charge is 0.00874 e. The van der Waals surface area contributed by atoms with Crippen molar-refractivity contribution >= 4 is 0 Å². The molecule has 0 saturated carbocycles. The summed E-state index contributed by atoms with van der Waals surface area (Å²) in [6, 6.07) is 0.690. The van der Waals surface area contributed by atoms with E-state index in [0.29, 0.717) is 6.04 Å². The molecule has 0 aromatic heterocycles. The van der Waals surface area contributed by atoms with Crippen LogP contribution in [-0.4, -0.2) is 12.6 Å². The van der Waals surface area contributed by atoms with Gasteiger partial charge in [0.05, 0.1) is 0 Å². The van der Waals surface area contributed by atoms with Crippen LogP contribution < -0.4 is 5.32 Å². The average molecular weight is 169 g/mol. The molecule has 1 heteroatoms. The number of rotatable bonds is 7. The van der Waals surface area contributed by atoms with Crippen molar-refractivity contribution in [3.8, 4) is 0 Å². The number of nitrogens with one attached hydrogen (secondary N) is 1. The molecular weight excluding hydrogens is 146 g/mol. The van der Waals surface area contributed by atoms with Crippen LogP contribution in [-0.2, 0) is 0 Å². The molecule has 1 N–H and O–H groups in total. The Morgan fingerprint density at radius 1 is 1.42 bits per heavy atom. The Labute approximate surface area is 77.2 Å². The summed E-state index contributed by atoms with van der Waals surface area (Å²) in [7, 11) is 0. The fourth-order valence-electron chi connectivity index (χ4n) is 1.39. The van der Waals surface area contributed by atoms with Crippen LogP contribution in [0.4, 0.5) is 0 Å². The molecular formula is C11H23N. The Morgan fingerprint density at radius 2 is 2.08 bits per heavy atom. The van der Waals surface area contributed by atoms with Crippen LogP contribution in [0.5, 0.6) is 0 Å². The third-order valence-corrected chi connectivity index (χ3v) is 2.24. The number of allylic oxidation sites excluding steroid dienone is 1. The quantitative estimate of drug-likeness (QED) is 0.456. The zero-order chi connectivity index (χ0) is 9.40. The monoisotopic (exact) mass is 169 g/mol. The minimum atomic E-state index is 0.690. The lowest BCUT2D eigenvalue weighted by Crippen LogP contribution is -2.33. The van der Waals surface area contributed by atoms with Gasteiger partial charge in [-0.3, -0.25) is 0 Å². The van der Waals surface area contributed by atoms with Crippen molar-refractivity contribution in [3.63, 3.8) is 0 Å². The molecule has 0 saturated heterocycles. The van der Waals surface area contributed by atoms with Gasteiger partial charge in [-0.25, -0.2) is 0 Å². The molecule has 12 heavy (non-hydrogen) atoms. The lowest BCUT2D eigenvalue weighted by molar-refractivity contribution is 0.387. The highest BCUT2D eigenvalue weighted by Crippen LogP contribution is 2.05. The zero-order valence-electron chi connectivity index (χ0n) is 8.77. The van der Waals surface area contributed by atoms with Crippen molar-refractivity contribution in [3.05, 3.63) is 12.7 Å². The van der Waals surface area contributed by atoms with Crippen LogP contribution in [0.3, 0.4) is 0 Å². The summed E-state index contributed by atoms with van der Waals surface area (Å²) in [5.74, 6) is 0.749. The Bertz CT molecular complexity index is 108.